The molecule has 72 valence electrons. The van der Waals surface area contributed by atoms with Crippen molar-refractivity contribution in [2.24, 2.45) is 5.92 Å². The fraction of sp³-hybridized carbons (Fsp3) is 0.636. The minimum atomic E-state index is 0.150. The molecular weight excluding hydrogens is 184 g/mol. The van der Waals surface area contributed by atoms with Crippen molar-refractivity contribution in [3.05, 3.63) is 24.0 Å². The van der Waals surface area contributed by atoms with Crippen LogP contribution in [-0.2, 0) is 4.74 Å². The molecule has 1 fully saturated rings. The fourth-order valence-electron chi connectivity index (χ4n) is 1.49. The Hall–Kier alpha value is -0.430. The van der Waals surface area contributed by atoms with Crippen LogP contribution in [0, 0.1) is 5.92 Å². The van der Waals surface area contributed by atoms with Crippen LogP contribution in [0.2, 0.25) is 0 Å². The summed E-state index contributed by atoms with van der Waals surface area (Å²) in [6.07, 6.45) is 10.2. The smallest absolute Gasteiger partial charge is 0.115 e. The van der Waals surface area contributed by atoms with Crippen LogP contribution in [0.5, 0.6) is 0 Å². The molecule has 2 heteroatoms. The van der Waals surface area contributed by atoms with Crippen molar-refractivity contribution in [1.29, 1.82) is 0 Å². The van der Waals surface area contributed by atoms with E-state index in [1.54, 1.807) is 0 Å². The van der Waals surface area contributed by atoms with Gasteiger partial charge in [0.1, 0.15) is 5.76 Å². The number of hydrogen-bond donors (Lipinski definition) is 0. The van der Waals surface area contributed by atoms with Gasteiger partial charge in [0, 0.05) is 5.92 Å². The Labute approximate surface area is 84.4 Å². The lowest BCUT2D eigenvalue weighted by molar-refractivity contribution is 0.204. The van der Waals surface area contributed by atoms with Crippen LogP contribution in [0.15, 0.2) is 24.0 Å². The molecule has 1 saturated carbocycles. The van der Waals surface area contributed by atoms with E-state index in [1.807, 2.05) is 12.2 Å². The van der Waals surface area contributed by atoms with E-state index < -0.39 is 0 Å². The van der Waals surface area contributed by atoms with Gasteiger partial charge in [-0.15, -0.1) is 11.6 Å². The second kappa shape index (κ2) is 3.75. The van der Waals surface area contributed by atoms with Crippen molar-refractivity contribution in [3.8, 4) is 0 Å². The van der Waals surface area contributed by atoms with Crippen LogP contribution >= 0.6 is 11.6 Å². The molecular formula is C11H15ClO. The zero-order valence-corrected chi connectivity index (χ0v) is 8.63. The molecule has 0 N–H and O–H groups in total. The van der Waals surface area contributed by atoms with Gasteiger partial charge < -0.3 is 4.74 Å². The molecule has 2 unspecified atom stereocenters. The standard InChI is InChI=1S/C11H15ClO/c1-2-8-7-10(5-6-11(8)12)13-9-3-4-9/h5-9,11H,2-4H2,1H3. The molecule has 0 aliphatic heterocycles. The van der Waals surface area contributed by atoms with Crippen LogP contribution in [0.1, 0.15) is 26.2 Å². The van der Waals surface area contributed by atoms with Gasteiger partial charge >= 0.3 is 0 Å². The van der Waals surface area contributed by atoms with E-state index in [0.29, 0.717) is 12.0 Å². The van der Waals surface area contributed by atoms with Crippen molar-refractivity contribution in [2.75, 3.05) is 0 Å². The molecule has 0 amide bonds. The SMILES string of the molecule is CCC1C=C(OC2CC2)C=CC1Cl. The number of halogens is 1. The monoisotopic (exact) mass is 198 g/mol. The normalized spacial score (nSPS) is 32.9. The van der Waals surface area contributed by atoms with Gasteiger partial charge in [-0.25, -0.2) is 0 Å². The molecule has 0 aromatic rings. The molecule has 0 saturated heterocycles. The molecule has 0 bridgehead atoms. The van der Waals surface area contributed by atoms with Crippen molar-refractivity contribution in [2.45, 2.75) is 37.7 Å². The summed E-state index contributed by atoms with van der Waals surface area (Å²) < 4.78 is 5.70. The summed E-state index contributed by atoms with van der Waals surface area (Å²) in [4.78, 5) is 0. The van der Waals surface area contributed by atoms with Crippen molar-refractivity contribution in [1.82, 2.24) is 0 Å². The van der Waals surface area contributed by atoms with E-state index in [4.69, 9.17) is 16.3 Å². The van der Waals surface area contributed by atoms with Crippen LogP contribution in [0.25, 0.3) is 0 Å². The predicted molar refractivity (Wildman–Crippen MR) is 54.8 cm³/mol. The topological polar surface area (TPSA) is 9.23 Å². The van der Waals surface area contributed by atoms with E-state index in [9.17, 15) is 0 Å². The van der Waals surface area contributed by atoms with Crippen LogP contribution in [0.4, 0.5) is 0 Å². The van der Waals surface area contributed by atoms with Crippen LogP contribution in [0.3, 0.4) is 0 Å². The Balaban J connectivity index is 1.98. The summed E-state index contributed by atoms with van der Waals surface area (Å²) in [5, 5.41) is 0.150. The van der Waals surface area contributed by atoms with Crippen LogP contribution in [-0.4, -0.2) is 11.5 Å². The minimum absolute atomic E-state index is 0.150. The van der Waals surface area contributed by atoms with Gasteiger partial charge in [-0.3, -0.25) is 0 Å². The van der Waals surface area contributed by atoms with Gasteiger partial charge in [0.2, 0.25) is 0 Å². The van der Waals surface area contributed by atoms with E-state index in [-0.39, 0.29) is 5.38 Å². The lowest BCUT2D eigenvalue weighted by Gasteiger charge is -2.20. The highest BCUT2D eigenvalue weighted by Gasteiger charge is 2.25. The molecule has 2 rings (SSSR count). The van der Waals surface area contributed by atoms with Gasteiger partial charge in [0.15, 0.2) is 0 Å². The van der Waals surface area contributed by atoms with Crippen molar-refractivity contribution >= 4 is 11.6 Å². The second-order valence-corrected chi connectivity index (χ2v) is 4.27. The quantitative estimate of drug-likeness (QED) is 0.633. The Morgan fingerprint density at radius 1 is 1.54 bits per heavy atom. The highest BCUT2D eigenvalue weighted by molar-refractivity contribution is 6.22. The number of alkyl halides is 1. The Morgan fingerprint density at radius 2 is 2.31 bits per heavy atom. The zero-order valence-electron chi connectivity index (χ0n) is 7.87. The van der Waals surface area contributed by atoms with Gasteiger partial charge in [0.05, 0.1) is 11.5 Å². The molecule has 2 aliphatic carbocycles. The zero-order chi connectivity index (χ0) is 9.26. The molecule has 0 radical (unpaired) electrons. The number of ether oxygens (including phenoxy) is 1. The van der Waals surface area contributed by atoms with Gasteiger partial charge in [-0.1, -0.05) is 13.0 Å². The maximum Gasteiger partial charge on any atom is 0.115 e. The van der Waals surface area contributed by atoms with E-state index in [0.717, 1.165) is 12.2 Å². The Morgan fingerprint density at radius 3 is 2.92 bits per heavy atom. The molecule has 0 aromatic carbocycles. The fourth-order valence-corrected chi connectivity index (χ4v) is 1.81. The highest BCUT2D eigenvalue weighted by Crippen LogP contribution is 2.31. The van der Waals surface area contributed by atoms with E-state index >= 15 is 0 Å². The third-order valence-electron chi connectivity index (χ3n) is 2.53. The molecule has 0 spiro atoms. The van der Waals surface area contributed by atoms with Crippen molar-refractivity contribution < 1.29 is 4.74 Å². The first-order valence-electron chi connectivity index (χ1n) is 5.00. The molecule has 2 aliphatic rings. The average molecular weight is 199 g/mol. The second-order valence-electron chi connectivity index (χ2n) is 3.76. The van der Waals surface area contributed by atoms with E-state index in [1.165, 1.54) is 12.8 Å². The third-order valence-corrected chi connectivity index (χ3v) is 3.00. The molecule has 0 aromatic heterocycles. The lowest BCUT2D eigenvalue weighted by Crippen LogP contribution is -2.14. The maximum atomic E-state index is 6.11. The van der Waals surface area contributed by atoms with E-state index in [2.05, 4.69) is 13.0 Å². The summed E-state index contributed by atoms with van der Waals surface area (Å²) in [5.74, 6) is 1.46. The largest absolute Gasteiger partial charge is 0.491 e. The lowest BCUT2D eigenvalue weighted by atomic mass is 9.97. The van der Waals surface area contributed by atoms with Crippen molar-refractivity contribution in [3.63, 3.8) is 0 Å². The number of rotatable bonds is 3. The molecule has 1 nitrogen and oxygen atoms in total. The predicted octanol–water partition coefficient (Wildman–Crippen LogP) is 3.25. The van der Waals surface area contributed by atoms with Crippen LogP contribution < -0.4 is 0 Å². The number of hydrogen-bond acceptors (Lipinski definition) is 1. The van der Waals surface area contributed by atoms with Gasteiger partial charge in [0.25, 0.3) is 0 Å². The first kappa shape index (κ1) is 9.14. The molecule has 13 heavy (non-hydrogen) atoms. The summed E-state index contributed by atoms with van der Waals surface area (Å²) >= 11 is 6.11. The average Bonchev–Trinajstić information content (AvgIpc) is 2.92. The molecule has 0 heterocycles. The Kier molecular flexibility index (Phi) is 2.63. The first-order valence-corrected chi connectivity index (χ1v) is 5.44. The Bertz CT molecular complexity index is 240. The van der Waals surface area contributed by atoms with Gasteiger partial charge in [-0.05, 0) is 31.4 Å². The summed E-state index contributed by atoms with van der Waals surface area (Å²) in [7, 11) is 0. The van der Waals surface area contributed by atoms with Gasteiger partial charge in [-0.2, -0.15) is 0 Å². The minimum Gasteiger partial charge on any atom is -0.491 e. The first-order chi connectivity index (χ1) is 6.29. The maximum absolute atomic E-state index is 6.11. The summed E-state index contributed by atoms with van der Waals surface area (Å²) in [5.41, 5.74) is 0. The molecule has 2 atom stereocenters. The summed E-state index contributed by atoms with van der Waals surface area (Å²) in [6.45, 7) is 2.16. The summed E-state index contributed by atoms with van der Waals surface area (Å²) in [6, 6.07) is 0. The third kappa shape index (κ3) is 2.28. The number of allylic oxidation sites excluding steroid dienone is 3. The highest BCUT2D eigenvalue weighted by atomic mass is 35.5.